The number of nitrogens with one attached hydrogen (secondary N) is 1. The van der Waals surface area contributed by atoms with E-state index in [9.17, 15) is 9.59 Å². The molecule has 0 bridgehead atoms. The highest BCUT2D eigenvalue weighted by Crippen LogP contribution is 2.48. The molecular weight excluding hydrogens is 302 g/mol. The molecule has 1 aliphatic carbocycles. The molecule has 1 amide bonds. The summed E-state index contributed by atoms with van der Waals surface area (Å²) in [5, 5.41) is 2.82. The Balaban J connectivity index is 1.46. The van der Waals surface area contributed by atoms with Crippen molar-refractivity contribution in [3.8, 4) is 0 Å². The second-order valence-corrected chi connectivity index (χ2v) is 6.19. The van der Waals surface area contributed by atoms with Gasteiger partial charge in [0.15, 0.2) is 5.78 Å². The zero-order chi connectivity index (χ0) is 16.9. The van der Waals surface area contributed by atoms with Crippen LogP contribution in [0.1, 0.15) is 40.7 Å². The van der Waals surface area contributed by atoms with Gasteiger partial charge in [0, 0.05) is 12.1 Å². The van der Waals surface area contributed by atoms with Gasteiger partial charge in [0.2, 0.25) is 0 Å². The molecule has 124 valence electrons. The van der Waals surface area contributed by atoms with E-state index in [1.807, 2.05) is 54.6 Å². The topological polar surface area (TPSA) is 55.4 Å². The Bertz CT molecular complexity index is 727. The van der Waals surface area contributed by atoms with Crippen molar-refractivity contribution < 1.29 is 14.3 Å². The molecule has 0 spiro atoms. The van der Waals surface area contributed by atoms with Crippen LogP contribution in [0.2, 0.25) is 0 Å². The summed E-state index contributed by atoms with van der Waals surface area (Å²) >= 11 is 0. The average Bonchev–Trinajstić information content (AvgIpc) is 3.38. The number of Topliss-reactive ketones (excluding diaryl/α,β-unsaturated/α-hetero) is 1. The zero-order valence-corrected chi connectivity index (χ0v) is 13.7. The van der Waals surface area contributed by atoms with E-state index in [0.29, 0.717) is 18.4 Å². The maximum Gasteiger partial charge on any atom is 0.407 e. The van der Waals surface area contributed by atoms with Gasteiger partial charge in [-0.05, 0) is 36.3 Å². The van der Waals surface area contributed by atoms with E-state index < -0.39 is 6.09 Å². The van der Waals surface area contributed by atoms with Gasteiger partial charge in [-0.2, -0.15) is 0 Å². The number of amides is 1. The van der Waals surface area contributed by atoms with Gasteiger partial charge in [0.05, 0.1) is 0 Å². The van der Waals surface area contributed by atoms with Gasteiger partial charge in [-0.1, -0.05) is 54.6 Å². The highest BCUT2D eigenvalue weighted by Gasteiger charge is 2.39. The first-order valence-electron chi connectivity index (χ1n) is 8.19. The van der Waals surface area contributed by atoms with Gasteiger partial charge >= 0.3 is 6.09 Å². The maximum absolute atomic E-state index is 11.8. The molecule has 0 unspecified atom stereocenters. The van der Waals surface area contributed by atoms with Gasteiger partial charge in [-0.3, -0.25) is 4.79 Å². The highest BCUT2D eigenvalue weighted by atomic mass is 16.5. The molecule has 2 atom stereocenters. The third kappa shape index (κ3) is 4.02. The summed E-state index contributed by atoms with van der Waals surface area (Å²) < 4.78 is 5.21. The van der Waals surface area contributed by atoms with Crippen LogP contribution in [-0.2, 0) is 11.3 Å². The second kappa shape index (κ2) is 7.30. The van der Waals surface area contributed by atoms with E-state index in [0.717, 1.165) is 23.1 Å². The monoisotopic (exact) mass is 323 g/mol. The molecule has 1 fully saturated rings. The molecule has 0 aliphatic heterocycles. The predicted octanol–water partition coefficient (Wildman–Crippen LogP) is 3.92. The lowest BCUT2D eigenvalue weighted by Crippen LogP contribution is -2.26. The molecule has 2 aromatic rings. The standard InChI is InChI=1S/C20H21NO3/c1-14(22)17-9-5-6-10-18(17)19-11-16(19)12-21-20(23)24-13-15-7-3-2-4-8-15/h2-10,16,19H,11-13H2,1H3,(H,21,23)/t16-,19+/m0/s1. The van der Waals surface area contributed by atoms with Crippen LogP contribution in [0.5, 0.6) is 0 Å². The molecule has 4 nitrogen and oxygen atoms in total. The van der Waals surface area contributed by atoms with Crippen LogP contribution in [-0.4, -0.2) is 18.4 Å². The number of carbonyl (C=O) groups is 2. The average molecular weight is 323 g/mol. The SMILES string of the molecule is CC(=O)c1ccccc1[C@@H]1C[C@H]1CNC(=O)OCc1ccccc1. The van der Waals surface area contributed by atoms with E-state index in [2.05, 4.69) is 5.32 Å². The van der Waals surface area contributed by atoms with Gasteiger partial charge in [-0.25, -0.2) is 4.79 Å². The van der Waals surface area contributed by atoms with Gasteiger partial charge in [-0.15, -0.1) is 0 Å². The summed E-state index contributed by atoms with van der Waals surface area (Å²) in [5.74, 6) is 0.806. The lowest BCUT2D eigenvalue weighted by atomic mass is 9.99. The minimum Gasteiger partial charge on any atom is -0.445 e. The third-order valence-electron chi connectivity index (χ3n) is 4.38. The molecule has 1 N–H and O–H groups in total. The van der Waals surface area contributed by atoms with Gasteiger partial charge < -0.3 is 10.1 Å². The number of hydrogen-bond donors (Lipinski definition) is 1. The minimum atomic E-state index is -0.399. The Hall–Kier alpha value is -2.62. The Morgan fingerprint density at radius 1 is 1.08 bits per heavy atom. The molecule has 24 heavy (non-hydrogen) atoms. The molecule has 0 saturated heterocycles. The molecular formula is C20H21NO3. The van der Waals surface area contributed by atoms with E-state index >= 15 is 0 Å². The first kappa shape index (κ1) is 16.2. The van der Waals surface area contributed by atoms with E-state index in [4.69, 9.17) is 4.74 Å². The number of ether oxygens (including phenoxy) is 1. The molecule has 3 rings (SSSR count). The number of carbonyl (C=O) groups excluding carboxylic acids is 2. The van der Waals surface area contributed by atoms with Crippen LogP contribution in [0, 0.1) is 5.92 Å². The Labute approximate surface area is 141 Å². The lowest BCUT2D eigenvalue weighted by Gasteiger charge is -2.08. The fourth-order valence-electron chi connectivity index (χ4n) is 2.98. The van der Waals surface area contributed by atoms with E-state index in [1.165, 1.54) is 0 Å². The van der Waals surface area contributed by atoms with Crippen molar-refractivity contribution in [2.45, 2.75) is 25.9 Å². The summed E-state index contributed by atoms with van der Waals surface area (Å²) in [6.07, 6.45) is 0.591. The molecule has 0 heterocycles. The van der Waals surface area contributed by atoms with Crippen LogP contribution in [0.3, 0.4) is 0 Å². The first-order valence-corrected chi connectivity index (χ1v) is 8.19. The maximum atomic E-state index is 11.8. The number of benzene rings is 2. The summed E-state index contributed by atoms with van der Waals surface area (Å²) in [6, 6.07) is 17.3. The van der Waals surface area contributed by atoms with Crippen LogP contribution < -0.4 is 5.32 Å². The third-order valence-corrected chi connectivity index (χ3v) is 4.38. The Kier molecular flexibility index (Phi) is 4.94. The molecule has 4 heteroatoms. The summed E-state index contributed by atoms with van der Waals surface area (Å²) in [7, 11) is 0. The van der Waals surface area contributed by atoms with Crippen molar-refractivity contribution in [2.24, 2.45) is 5.92 Å². The van der Waals surface area contributed by atoms with Crippen molar-refractivity contribution >= 4 is 11.9 Å². The smallest absolute Gasteiger partial charge is 0.407 e. The number of ketones is 1. The normalized spacial score (nSPS) is 18.7. The first-order chi connectivity index (χ1) is 11.6. The molecule has 1 saturated carbocycles. The van der Waals surface area contributed by atoms with Crippen molar-refractivity contribution in [1.29, 1.82) is 0 Å². The summed E-state index contributed by atoms with van der Waals surface area (Å²) in [4.78, 5) is 23.5. The molecule has 0 aromatic heterocycles. The number of alkyl carbamates (subject to hydrolysis) is 1. The van der Waals surface area contributed by atoms with Crippen molar-refractivity contribution in [3.05, 3.63) is 71.3 Å². The van der Waals surface area contributed by atoms with E-state index in [1.54, 1.807) is 6.92 Å². The Morgan fingerprint density at radius 3 is 2.54 bits per heavy atom. The van der Waals surface area contributed by atoms with Crippen LogP contribution in [0.15, 0.2) is 54.6 Å². The van der Waals surface area contributed by atoms with Crippen molar-refractivity contribution in [2.75, 3.05) is 6.54 Å². The Morgan fingerprint density at radius 2 is 1.79 bits per heavy atom. The van der Waals surface area contributed by atoms with Crippen LogP contribution >= 0.6 is 0 Å². The second-order valence-electron chi connectivity index (χ2n) is 6.19. The fourth-order valence-corrected chi connectivity index (χ4v) is 2.98. The lowest BCUT2D eigenvalue weighted by molar-refractivity contribution is 0.101. The number of hydrogen-bond acceptors (Lipinski definition) is 3. The van der Waals surface area contributed by atoms with Gasteiger partial charge in [0.1, 0.15) is 6.61 Å². The minimum absolute atomic E-state index is 0.0893. The fraction of sp³-hybridized carbons (Fsp3) is 0.300. The predicted molar refractivity (Wildman–Crippen MR) is 91.9 cm³/mol. The molecule has 0 radical (unpaired) electrons. The summed E-state index contributed by atoms with van der Waals surface area (Å²) in [6.45, 7) is 2.44. The number of rotatable bonds is 6. The van der Waals surface area contributed by atoms with Crippen LogP contribution in [0.25, 0.3) is 0 Å². The van der Waals surface area contributed by atoms with Gasteiger partial charge in [0.25, 0.3) is 0 Å². The molecule has 1 aliphatic rings. The largest absolute Gasteiger partial charge is 0.445 e. The quantitative estimate of drug-likeness (QED) is 0.820. The van der Waals surface area contributed by atoms with Crippen molar-refractivity contribution in [3.63, 3.8) is 0 Å². The summed E-state index contributed by atoms with van der Waals surface area (Å²) in [5.41, 5.74) is 2.85. The van der Waals surface area contributed by atoms with Crippen LogP contribution in [0.4, 0.5) is 4.79 Å². The zero-order valence-electron chi connectivity index (χ0n) is 13.7. The van der Waals surface area contributed by atoms with Crippen molar-refractivity contribution in [1.82, 2.24) is 5.32 Å². The van der Waals surface area contributed by atoms with E-state index in [-0.39, 0.29) is 12.4 Å². The molecule has 2 aromatic carbocycles. The highest BCUT2D eigenvalue weighted by molar-refractivity contribution is 5.95.